The number of benzene rings is 1. The van der Waals surface area contributed by atoms with Crippen molar-refractivity contribution in [2.45, 2.75) is 72.6 Å². The molecule has 1 aromatic carbocycles. The van der Waals surface area contributed by atoms with Crippen molar-refractivity contribution in [1.29, 1.82) is 0 Å². The molecule has 33 heavy (non-hydrogen) atoms. The van der Waals surface area contributed by atoms with Crippen LogP contribution in [0.5, 0.6) is 0 Å². The monoisotopic (exact) mass is 454 g/mol. The van der Waals surface area contributed by atoms with E-state index in [1.807, 2.05) is 53.6 Å². The molecule has 3 aromatic rings. The van der Waals surface area contributed by atoms with Gasteiger partial charge in [-0.15, -0.1) is 0 Å². The Balaban J connectivity index is 1.96. The average molecular weight is 455 g/mol. The van der Waals surface area contributed by atoms with Crippen LogP contribution < -0.4 is 16.6 Å². The van der Waals surface area contributed by atoms with E-state index in [1.165, 1.54) is 0 Å². The van der Waals surface area contributed by atoms with Gasteiger partial charge in [-0.25, -0.2) is 9.78 Å². The number of hydrogen-bond acceptors (Lipinski definition) is 5. The summed E-state index contributed by atoms with van der Waals surface area (Å²) in [4.78, 5) is 47.3. The average Bonchev–Trinajstić information content (AvgIpc) is 3.17. The van der Waals surface area contributed by atoms with Crippen LogP contribution in [0.25, 0.3) is 11.2 Å². The SMILES string of the molecule is CCCCn1c(=O)[nH]c(=O)c2c1nc(CN(CCC)[C@@H](C)C(=O)Nc1ccccc1)n2CC. The number of unbranched alkanes of at least 4 members (excludes halogenated alkanes) is 1. The summed E-state index contributed by atoms with van der Waals surface area (Å²) >= 11 is 0. The van der Waals surface area contributed by atoms with Gasteiger partial charge >= 0.3 is 5.69 Å². The Morgan fingerprint density at radius 1 is 1.12 bits per heavy atom. The van der Waals surface area contributed by atoms with E-state index in [9.17, 15) is 14.4 Å². The summed E-state index contributed by atoms with van der Waals surface area (Å²) in [5, 5.41) is 2.96. The maximum absolute atomic E-state index is 12.9. The summed E-state index contributed by atoms with van der Waals surface area (Å²) in [6.07, 6.45) is 2.60. The van der Waals surface area contributed by atoms with E-state index in [1.54, 1.807) is 4.57 Å². The molecule has 0 saturated heterocycles. The molecule has 0 aliphatic heterocycles. The predicted octanol–water partition coefficient (Wildman–Crippen LogP) is 2.95. The first-order chi connectivity index (χ1) is 15.9. The maximum Gasteiger partial charge on any atom is 0.330 e. The van der Waals surface area contributed by atoms with Crippen LogP contribution in [0.15, 0.2) is 39.9 Å². The largest absolute Gasteiger partial charge is 0.330 e. The fraction of sp³-hybridized carbons (Fsp3) is 0.500. The fourth-order valence-corrected chi connectivity index (χ4v) is 4.02. The van der Waals surface area contributed by atoms with Gasteiger partial charge in [-0.2, -0.15) is 0 Å². The van der Waals surface area contributed by atoms with Crippen LogP contribution >= 0.6 is 0 Å². The number of para-hydroxylation sites is 1. The van der Waals surface area contributed by atoms with Crippen molar-refractivity contribution in [2.75, 3.05) is 11.9 Å². The Kier molecular flexibility index (Phi) is 8.21. The number of carbonyl (C=O) groups excluding carboxylic acids is 1. The molecule has 1 atom stereocenters. The van der Waals surface area contributed by atoms with Gasteiger partial charge in [-0.05, 0) is 45.4 Å². The first-order valence-corrected chi connectivity index (χ1v) is 11.7. The van der Waals surface area contributed by atoms with Crippen LogP contribution in [0, 0.1) is 0 Å². The van der Waals surface area contributed by atoms with Gasteiger partial charge in [0, 0.05) is 18.8 Å². The third-order valence-electron chi connectivity index (χ3n) is 5.84. The highest BCUT2D eigenvalue weighted by atomic mass is 16.2. The Hall–Kier alpha value is -3.20. The van der Waals surface area contributed by atoms with Crippen LogP contribution in [-0.2, 0) is 24.4 Å². The molecular formula is C24H34N6O3. The highest BCUT2D eigenvalue weighted by Gasteiger charge is 2.25. The van der Waals surface area contributed by atoms with E-state index in [4.69, 9.17) is 4.98 Å². The second-order valence-corrected chi connectivity index (χ2v) is 8.21. The quantitative estimate of drug-likeness (QED) is 0.463. The van der Waals surface area contributed by atoms with Crippen molar-refractivity contribution in [3.05, 3.63) is 57.0 Å². The van der Waals surface area contributed by atoms with Gasteiger partial charge in [0.15, 0.2) is 11.2 Å². The van der Waals surface area contributed by atoms with E-state index < -0.39 is 17.3 Å². The Morgan fingerprint density at radius 2 is 1.85 bits per heavy atom. The molecule has 9 nitrogen and oxygen atoms in total. The molecule has 0 bridgehead atoms. The number of fused-ring (bicyclic) bond motifs is 1. The van der Waals surface area contributed by atoms with Gasteiger partial charge < -0.3 is 9.88 Å². The third-order valence-corrected chi connectivity index (χ3v) is 5.84. The summed E-state index contributed by atoms with van der Waals surface area (Å²) in [6, 6.07) is 8.96. The summed E-state index contributed by atoms with van der Waals surface area (Å²) in [6.45, 7) is 10.0. The molecular weight excluding hydrogens is 420 g/mol. The number of aromatic nitrogens is 4. The standard InChI is InChI=1S/C24H34N6O3/c1-5-8-15-30-21-20(23(32)27-24(30)33)29(7-3)19(26-21)16-28(14-6-2)17(4)22(31)25-18-12-10-9-11-13-18/h9-13,17H,5-8,14-16H2,1-4H3,(H,25,31)(H,27,32,33)/t17-/m0/s1. The molecule has 9 heteroatoms. The van der Waals surface area contributed by atoms with Crippen LogP contribution in [0.4, 0.5) is 5.69 Å². The number of aryl methyl sites for hydroxylation is 2. The van der Waals surface area contributed by atoms with Crippen molar-refractivity contribution in [3.8, 4) is 0 Å². The molecule has 0 aliphatic rings. The van der Waals surface area contributed by atoms with Gasteiger partial charge in [0.1, 0.15) is 5.82 Å². The zero-order valence-corrected chi connectivity index (χ0v) is 19.9. The zero-order valence-electron chi connectivity index (χ0n) is 19.9. The van der Waals surface area contributed by atoms with Gasteiger partial charge in [-0.1, -0.05) is 38.5 Å². The van der Waals surface area contributed by atoms with Gasteiger partial charge in [0.2, 0.25) is 5.91 Å². The zero-order chi connectivity index (χ0) is 24.0. The van der Waals surface area contributed by atoms with Crippen molar-refractivity contribution < 1.29 is 4.79 Å². The van der Waals surface area contributed by atoms with Gasteiger partial charge in [0.25, 0.3) is 5.56 Å². The first-order valence-electron chi connectivity index (χ1n) is 11.7. The molecule has 178 valence electrons. The molecule has 0 saturated carbocycles. The predicted molar refractivity (Wildman–Crippen MR) is 130 cm³/mol. The molecule has 3 rings (SSSR count). The number of hydrogen-bond donors (Lipinski definition) is 2. The first kappa shape index (κ1) is 24.4. The molecule has 2 N–H and O–H groups in total. The van der Waals surface area contributed by atoms with Crippen molar-refractivity contribution >= 4 is 22.8 Å². The Bertz CT molecular complexity index is 1190. The Labute approximate surface area is 193 Å². The number of carbonyl (C=O) groups is 1. The van der Waals surface area contributed by atoms with Crippen molar-refractivity contribution in [3.63, 3.8) is 0 Å². The molecule has 0 radical (unpaired) electrons. The number of nitrogens with zero attached hydrogens (tertiary/aromatic N) is 4. The van der Waals surface area contributed by atoms with Gasteiger partial charge in [0.05, 0.1) is 12.6 Å². The van der Waals surface area contributed by atoms with Crippen LogP contribution in [0.1, 0.15) is 52.8 Å². The molecule has 0 aliphatic carbocycles. The molecule has 0 spiro atoms. The summed E-state index contributed by atoms with van der Waals surface area (Å²) < 4.78 is 3.39. The minimum atomic E-state index is -0.436. The lowest BCUT2D eigenvalue weighted by Crippen LogP contribution is -2.42. The topological polar surface area (TPSA) is 105 Å². The lowest BCUT2D eigenvalue weighted by Gasteiger charge is -2.27. The summed E-state index contributed by atoms with van der Waals surface area (Å²) in [5.41, 5.74) is 0.695. The van der Waals surface area contributed by atoms with E-state index in [-0.39, 0.29) is 5.91 Å². The summed E-state index contributed by atoms with van der Waals surface area (Å²) in [7, 11) is 0. The summed E-state index contributed by atoms with van der Waals surface area (Å²) in [5.74, 6) is 0.563. The van der Waals surface area contributed by atoms with Crippen molar-refractivity contribution in [2.24, 2.45) is 0 Å². The maximum atomic E-state index is 12.9. The van der Waals surface area contributed by atoms with Gasteiger partial charge in [-0.3, -0.25) is 24.0 Å². The third kappa shape index (κ3) is 5.42. The number of anilines is 1. The highest BCUT2D eigenvalue weighted by molar-refractivity contribution is 5.94. The van der Waals surface area contributed by atoms with E-state index in [0.717, 1.165) is 24.9 Å². The lowest BCUT2D eigenvalue weighted by molar-refractivity contribution is -0.121. The van der Waals surface area contributed by atoms with E-state index >= 15 is 0 Å². The molecule has 0 fully saturated rings. The molecule has 2 heterocycles. The van der Waals surface area contributed by atoms with E-state index in [2.05, 4.69) is 24.1 Å². The minimum absolute atomic E-state index is 0.105. The van der Waals surface area contributed by atoms with E-state index in [0.29, 0.717) is 43.2 Å². The van der Waals surface area contributed by atoms with Crippen LogP contribution in [0.3, 0.4) is 0 Å². The number of imidazole rings is 1. The second kappa shape index (κ2) is 11.1. The number of amides is 1. The van der Waals surface area contributed by atoms with Crippen LogP contribution in [0.2, 0.25) is 0 Å². The fourth-order valence-electron chi connectivity index (χ4n) is 4.02. The molecule has 2 aromatic heterocycles. The number of aromatic amines is 1. The number of nitrogens with one attached hydrogen (secondary N) is 2. The second-order valence-electron chi connectivity index (χ2n) is 8.21. The molecule has 0 unspecified atom stereocenters. The minimum Gasteiger partial charge on any atom is -0.325 e. The lowest BCUT2D eigenvalue weighted by atomic mass is 10.2. The van der Waals surface area contributed by atoms with Crippen molar-refractivity contribution in [1.82, 2.24) is 24.0 Å². The number of H-pyrrole nitrogens is 1. The smallest absolute Gasteiger partial charge is 0.325 e. The normalized spacial score (nSPS) is 12.4. The Morgan fingerprint density at radius 3 is 2.48 bits per heavy atom. The highest BCUT2D eigenvalue weighted by Crippen LogP contribution is 2.17. The molecule has 1 amide bonds. The number of rotatable bonds is 11. The van der Waals surface area contributed by atoms with Crippen LogP contribution in [-0.4, -0.2) is 42.5 Å².